The van der Waals surface area contributed by atoms with Crippen LogP contribution in [0.25, 0.3) is 26.8 Å². The van der Waals surface area contributed by atoms with Gasteiger partial charge in [-0.3, -0.25) is 19.8 Å². The van der Waals surface area contributed by atoms with E-state index in [1.165, 1.54) is 35.9 Å². The number of aromatic amines is 1. The van der Waals surface area contributed by atoms with Gasteiger partial charge in [-0.05, 0) is 42.8 Å². The van der Waals surface area contributed by atoms with Crippen LogP contribution in [0.15, 0.2) is 75.3 Å². The first-order chi connectivity index (χ1) is 16.0. The van der Waals surface area contributed by atoms with Gasteiger partial charge in [0.1, 0.15) is 11.2 Å². The molecule has 0 saturated heterocycles. The number of hydrogen-bond donors (Lipinski definition) is 2. The minimum absolute atomic E-state index is 0.168. The SMILES string of the molecule is CCc1cc2c(=O)n(NC(=O)c3ccc4c(=O)n(-c5ccccc5)c(=O)[nH]c4c3)cnc2s1. The van der Waals surface area contributed by atoms with Crippen LogP contribution in [0.5, 0.6) is 0 Å². The molecule has 164 valence electrons. The zero-order valence-electron chi connectivity index (χ0n) is 17.4. The van der Waals surface area contributed by atoms with E-state index in [1.54, 1.807) is 36.4 Å². The molecule has 10 heteroatoms. The topological polar surface area (TPSA) is 119 Å². The highest BCUT2D eigenvalue weighted by atomic mass is 32.1. The lowest BCUT2D eigenvalue weighted by Crippen LogP contribution is -2.34. The van der Waals surface area contributed by atoms with Crippen molar-refractivity contribution in [3.05, 3.63) is 103 Å². The Morgan fingerprint density at radius 3 is 2.58 bits per heavy atom. The van der Waals surface area contributed by atoms with Crippen LogP contribution in [0.2, 0.25) is 0 Å². The van der Waals surface area contributed by atoms with Gasteiger partial charge in [-0.1, -0.05) is 25.1 Å². The third kappa shape index (κ3) is 3.56. The smallest absolute Gasteiger partial charge is 0.306 e. The van der Waals surface area contributed by atoms with Crippen molar-refractivity contribution in [1.82, 2.24) is 19.2 Å². The van der Waals surface area contributed by atoms with Crippen LogP contribution in [-0.4, -0.2) is 25.1 Å². The van der Waals surface area contributed by atoms with Gasteiger partial charge in [0.2, 0.25) is 0 Å². The quantitative estimate of drug-likeness (QED) is 0.428. The number of fused-ring (bicyclic) bond motifs is 2. The molecule has 0 unspecified atom stereocenters. The summed E-state index contributed by atoms with van der Waals surface area (Å²) in [4.78, 5) is 59.5. The summed E-state index contributed by atoms with van der Waals surface area (Å²) >= 11 is 1.44. The Bertz CT molecular complexity index is 1710. The molecular weight excluding hydrogens is 442 g/mol. The van der Waals surface area contributed by atoms with Crippen molar-refractivity contribution in [3.63, 3.8) is 0 Å². The Morgan fingerprint density at radius 2 is 1.82 bits per heavy atom. The van der Waals surface area contributed by atoms with Crippen LogP contribution in [-0.2, 0) is 6.42 Å². The highest BCUT2D eigenvalue weighted by Gasteiger charge is 2.14. The van der Waals surface area contributed by atoms with E-state index in [0.717, 1.165) is 20.5 Å². The number of rotatable bonds is 4. The number of nitrogens with zero attached hydrogens (tertiary/aromatic N) is 3. The molecule has 0 aliphatic carbocycles. The maximum Gasteiger partial charge on any atom is 0.333 e. The summed E-state index contributed by atoms with van der Waals surface area (Å²) in [6.45, 7) is 1.99. The number of thiophene rings is 1. The van der Waals surface area contributed by atoms with Crippen molar-refractivity contribution in [2.75, 3.05) is 5.43 Å². The van der Waals surface area contributed by atoms with Crippen LogP contribution >= 0.6 is 11.3 Å². The largest absolute Gasteiger partial charge is 0.333 e. The molecule has 0 saturated carbocycles. The molecule has 2 N–H and O–H groups in total. The molecule has 0 aliphatic heterocycles. The van der Waals surface area contributed by atoms with Crippen molar-refractivity contribution in [3.8, 4) is 5.69 Å². The van der Waals surface area contributed by atoms with Gasteiger partial charge in [-0.25, -0.2) is 19.0 Å². The Morgan fingerprint density at radius 1 is 1.03 bits per heavy atom. The number of carbonyl (C=O) groups is 1. The van der Waals surface area contributed by atoms with Crippen LogP contribution in [0.3, 0.4) is 0 Å². The normalized spacial score (nSPS) is 11.2. The fourth-order valence-electron chi connectivity index (χ4n) is 3.57. The summed E-state index contributed by atoms with van der Waals surface area (Å²) in [5, 5.41) is 0.685. The summed E-state index contributed by atoms with van der Waals surface area (Å²) in [6.07, 6.45) is 2.05. The molecule has 0 fully saturated rings. The highest BCUT2D eigenvalue weighted by molar-refractivity contribution is 7.18. The molecule has 0 aliphatic rings. The van der Waals surface area contributed by atoms with Gasteiger partial charge in [-0.15, -0.1) is 11.3 Å². The Kier molecular flexibility index (Phi) is 4.98. The molecule has 0 bridgehead atoms. The summed E-state index contributed by atoms with van der Waals surface area (Å²) in [7, 11) is 0. The molecule has 33 heavy (non-hydrogen) atoms. The fraction of sp³-hybridized carbons (Fsp3) is 0.0870. The van der Waals surface area contributed by atoms with Crippen molar-refractivity contribution in [2.45, 2.75) is 13.3 Å². The molecule has 5 rings (SSSR count). The summed E-state index contributed by atoms with van der Waals surface area (Å²) in [5.41, 5.74) is 1.83. The van der Waals surface area contributed by atoms with E-state index in [1.807, 2.05) is 6.92 Å². The zero-order chi connectivity index (χ0) is 23.1. The third-order valence-corrected chi connectivity index (χ3v) is 6.44. The molecule has 3 heterocycles. The first-order valence-electron chi connectivity index (χ1n) is 10.1. The fourth-order valence-corrected chi connectivity index (χ4v) is 4.50. The molecule has 1 amide bonds. The number of carbonyl (C=O) groups excluding carboxylic acids is 1. The van der Waals surface area contributed by atoms with Crippen molar-refractivity contribution in [1.29, 1.82) is 0 Å². The van der Waals surface area contributed by atoms with Gasteiger partial charge in [0, 0.05) is 10.4 Å². The standard InChI is InChI=1S/C23H17N5O4S/c1-2-15-11-17-20(33-15)24-12-27(21(17)30)26-19(29)13-8-9-16-18(10-13)25-23(32)28(22(16)31)14-6-4-3-5-7-14/h3-12H,2H2,1H3,(H,25,32)(H,26,29). The predicted octanol–water partition coefficient (Wildman–Crippen LogP) is 2.40. The predicted molar refractivity (Wildman–Crippen MR) is 127 cm³/mol. The average molecular weight is 459 g/mol. The van der Waals surface area contributed by atoms with Crippen LogP contribution in [0.4, 0.5) is 0 Å². The molecule has 9 nitrogen and oxygen atoms in total. The lowest BCUT2D eigenvalue weighted by atomic mass is 10.1. The Balaban J connectivity index is 1.52. The second kappa shape index (κ2) is 7.99. The van der Waals surface area contributed by atoms with Gasteiger partial charge in [0.25, 0.3) is 17.0 Å². The molecule has 0 radical (unpaired) electrons. The number of aryl methyl sites for hydroxylation is 1. The van der Waals surface area contributed by atoms with Gasteiger partial charge < -0.3 is 4.98 Å². The monoisotopic (exact) mass is 459 g/mol. The number of nitrogens with one attached hydrogen (secondary N) is 2. The van der Waals surface area contributed by atoms with Crippen molar-refractivity contribution in [2.24, 2.45) is 0 Å². The molecule has 0 atom stereocenters. The van der Waals surface area contributed by atoms with E-state index < -0.39 is 17.2 Å². The average Bonchev–Trinajstić information content (AvgIpc) is 3.25. The molecule has 3 aromatic heterocycles. The second-order valence-electron chi connectivity index (χ2n) is 7.31. The maximum atomic E-state index is 12.9. The number of aromatic nitrogens is 4. The van der Waals surface area contributed by atoms with Crippen molar-refractivity contribution >= 4 is 38.4 Å². The van der Waals surface area contributed by atoms with E-state index in [9.17, 15) is 19.2 Å². The Labute approximate surface area is 189 Å². The number of benzene rings is 2. The molecule has 2 aromatic carbocycles. The molecule has 0 spiro atoms. The van der Waals surface area contributed by atoms with Crippen LogP contribution in [0.1, 0.15) is 22.2 Å². The highest BCUT2D eigenvalue weighted by Crippen LogP contribution is 2.20. The van der Waals surface area contributed by atoms with Crippen LogP contribution in [0, 0.1) is 0 Å². The zero-order valence-corrected chi connectivity index (χ0v) is 18.2. The summed E-state index contributed by atoms with van der Waals surface area (Å²) in [5.74, 6) is -0.584. The number of amides is 1. The Hall–Kier alpha value is -4.31. The first-order valence-corrected chi connectivity index (χ1v) is 10.9. The lowest BCUT2D eigenvalue weighted by Gasteiger charge is -2.09. The minimum atomic E-state index is -0.619. The van der Waals surface area contributed by atoms with Crippen LogP contribution < -0.4 is 22.2 Å². The van der Waals surface area contributed by atoms with Gasteiger partial charge in [0.15, 0.2) is 0 Å². The number of para-hydroxylation sites is 1. The number of hydrogen-bond acceptors (Lipinski definition) is 6. The minimum Gasteiger partial charge on any atom is -0.306 e. The third-order valence-electron chi connectivity index (χ3n) is 5.25. The molecule has 5 aromatic rings. The summed E-state index contributed by atoms with van der Waals surface area (Å²) in [6, 6.07) is 14.7. The number of H-pyrrole nitrogens is 1. The van der Waals surface area contributed by atoms with Gasteiger partial charge in [-0.2, -0.15) is 0 Å². The summed E-state index contributed by atoms with van der Waals surface area (Å²) < 4.78 is 2.06. The second-order valence-corrected chi connectivity index (χ2v) is 8.43. The van der Waals surface area contributed by atoms with E-state index in [0.29, 0.717) is 15.9 Å². The first kappa shape index (κ1) is 20.6. The van der Waals surface area contributed by atoms with E-state index >= 15 is 0 Å². The maximum absolute atomic E-state index is 12.9. The lowest BCUT2D eigenvalue weighted by molar-refractivity contribution is 0.101. The molecular formula is C23H17N5O4S. The van der Waals surface area contributed by atoms with Gasteiger partial charge >= 0.3 is 5.69 Å². The van der Waals surface area contributed by atoms with E-state index in [4.69, 9.17) is 0 Å². The van der Waals surface area contributed by atoms with Crippen molar-refractivity contribution < 1.29 is 4.79 Å². The van der Waals surface area contributed by atoms with E-state index in [2.05, 4.69) is 15.4 Å². The van der Waals surface area contributed by atoms with E-state index in [-0.39, 0.29) is 22.0 Å². The van der Waals surface area contributed by atoms with Gasteiger partial charge in [0.05, 0.1) is 22.0 Å².